The van der Waals surface area contributed by atoms with Gasteiger partial charge in [-0.05, 0) is 32.0 Å². The molecule has 0 aliphatic carbocycles. The van der Waals surface area contributed by atoms with Gasteiger partial charge in [-0.25, -0.2) is 0 Å². The Kier molecular flexibility index (Phi) is 4.32. The third-order valence-electron chi connectivity index (χ3n) is 4.40. The van der Waals surface area contributed by atoms with E-state index in [9.17, 15) is 9.59 Å². The topological polar surface area (TPSA) is 77.8 Å². The van der Waals surface area contributed by atoms with Crippen LogP contribution < -0.4 is 20.2 Å². The molecule has 3 aromatic rings. The lowest BCUT2D eigenvalue weighted by atomic mass is 10.1. The fourth-order valence-corrected chi connectivity index (χ4v) is 3.21. The highest BCUT2D eigenvalue weighted by Gasteiger charge is 2.23. The van der Waals surface area contributed by atoms with E-state index in [2.05, 4.69) is 5.32 Å². The molecule has 1 aromatic heterocycles. The van der Waals surface area contributed by atoms with Gasteiger partial charge in [0, 0.05) is 24.1 Å². The first-order valence-corrected chi connectivity index (χ1v) is 8.85. The summed E-state index contributed by atoms with van der Waals surface area (Å²) in [5, 5.41) is 3.21. The van der Waals surface area contributed by atoms with Crippen LogP contribution >= 0.6 is 0 Å². The molecule has 1 amide bonds. The zero-order chi connectivity index (χ0) is 19.0. The van der Waals surface area contributed by atoms with Crippen LogP contribution in [0.1, 0.15) is 30.0 Å². The van der Waals surface area contributed by atoms with E-state index in [0.717, 1.165) is 17.7 Å². The van der Waals surface area contributed by atoms with Crippen molar-refractivity contribution >= 4 is 22.6 Å². The highest BCUT2D eigenvalue weighted by molar-refractivity contribution is 6.04. The van der Waals surface area contributed by atoms with Crippen molar-refractivity contribution < 1.29 is 18.7 Å². The Bertz CT molecular complexity index is 1090. The minimum Gasteiger partial charge on any atom is -0.492 e. The van der Waals surface area contributed by atoms with Gasteiger partial charge in [-0.3, -0.25) is 9.59 Å². The number of rotatable bonds is 4. The SMILES string of the molecule is CCOc1cc2c(cc1NC(=O)c1cc(=O)c3ccccc3o1)OC(C)C2. The summed E-state index contributed by atoms with van der Waals surface area (Å²) in [6.45, 7) is 4.33. The highest BCUT2D eigenvalue weighted by Crippen LogP contribution is 2.38. The van der Waals surface area contributed by atoms with Gasteiger partial charge in [-0.15, -0.1) is 0 Å². The van der Waals surface area contributed by atoms with Crippen LogP contribution in [-0.4, -0.2) is 18.6 Å². The van der Waals surface area contributed by atoms with Crippen LogP contribution in [0.15, 0.2) is 51.7 Å². The summed E-state index contributed by atoms with van der Waals surface area (Å²) in [5.74, 6) is 0.701. The van der Waals surface area contributed by atoms with E-state index in [-0.39, 0.29) is 17.3 Å². The molecule has 0 spiro atoms. The van der Waals surface area contributed by atoms with E-state index in [1.54, 1.807) is 30.3 Å². The van der Waals surface area contributed by atoms with Crippen molar-refractivity contribution in [1.29, 1.82) is 0 Å². The molecule has 2 heterocycles. The lowest BCUT2D eigenvalue weighted by Crippen LogP contribution is -2.15. The summed E-state index contributed by atoms with van der Waals surface area (Å²) < 4.78 is 17.0. The molecule has 1 N–H and O–H groups in total. The summed E-state index contributed by atoms with van der Waals surface area (Å²) >= 11 is 0. The third kappa shape index (κ3) is 3.26. The van der Waals surface area contributed by atoms with Crippen molar-refractivity contribution in [1.82, 2.24) is 0 Å². The van der Waals surface area contributed by atoms with Crippen LogP contribution in [0.2, 0.25) is 0 Å². The predicted octanol–water partition coefficient (Wildman–Crippen LogP) is 3.77. The maximum Gasteiger partial charge on any atom is 0.291 e. The lowest BCUT2D eigenvalue weighted by molar-refractivity contribution is 0.0996. The van der Waals surface area contributed by atoms with Crippen LogP contribution in [0.4, 0.5) is 5.69 Å². The Hall–Kier alpha value is -3.28. The molecule has 0 saturated heterocycles. The summed E-state index contributed by atoms with van der Waals surface area (Å²) in [5.41, 5.74) is 1.62. The maximum atomic E-state index is 12.7. The second-order valence-corrected chi connectivity index (χ2v) is 6.45. The van der Waals surface area contributed by atoms with Crippen molar-refractivity contribution in [3.63, 3.8) is 0 Å². The normalized spacial score (nSPS) is 15.3. The average molecular weight is 365 g/mol. The number of hydrogen-bond acceptors (Lipinski definition) is 5. The maximum absolute atomic E-state index is 12.7. The molecule has 1 unspecified atom stereocenters. The smallest absolute Gasteiger partial charge is 0.291 e. The van der Waals surface area contributed by atoms with Gasteiger partial charge in [0.2, 0.25) is 0 Å². The lowest BCUT2D eigenvalue weighted by Gasteiger charge is -2.13. The molecular weight excluding hydrogens is 346 g/mol. The van der Waals surface area contributed by atoms with E-state index in [0.29, 0.717) is 29.0 Å². The number of amides is 1. The predicted molar refractivity (Wildman–Crippen MR) is 102 cm³/mol. The summed E-state index contributed by atoms with van der Waals surface area (Å²) in [4.78, 5) is 24.9. The molecule has 138 valence electrons. The van der Waals surface area contributed by atoms with E-state index in [1.807, 2.05) is 19.9 Å². The summed E-state index contributed by atoms with van der Waals surface area (Å²) in [6.07, 6.45) is 0.877. The number of benzene rings is 2. The molecule has 1 atom stereocenters. The fraction of sp³-hybridized carbons (Fsp3) is 0.238. The largest absolute Gasteiger partial charge is 0.492 e. The molecule has 0 bridgehead atoms. The van der Waals surface area contributed by atoms with Gasteiger partial charge < -0.3 is 19.2 Å². The molecule has 0 radical (unpaired) electrons. The zero-order valence-corrected chi connectivity index (χ0v) is 15.1. The van der Waals surface area contributed by atoms with E-state index in [1.165, 1.54) is 6.07 Å². The molecular formula is C21H19NO5. The van der Waals surface area contributed by atoms with Gasteiger partial charge in [0.25, 0.3) is 5.91 Å². The number of para-hydroxylation sites is 1. The average Bonchev–Trinajstić information content (AvgIpc) is 3.01. The second-order valence-electron chi connectivity index (χ2n) is 6.45. The first kappa shape index (κ1) is 17.1. The van der Waals surface area contributed by atoms with E-state index in [4.69, 9.17) is 13.9 Å². The van der Waals surface area contributed by atoms with Gasteiger partial charge in [0.05, 0.1) is 17.7 Å². The minimum absolute atomic E-state index is 0.0593. The number of ether oxygens (including phenoxy) is 2. The summed E-state index contributed by atoms with van der Waals surface area (Å²) in [6, 6.07) is 11.6. The first-order valence-electron chi connectivity index (χ1n) is 8.85. The van der Waals surface area contributed by atoms with Crippen LogP contribution in [0.3, 0.4) is 0 Å². The number of anilines is 1. The minimum atomic E-state index is -0.523. The molecule has 1 aliphatic heterocycles. The van der Waals surface area contributed by atoms with Gasteiger partial charge in [-0.1, -0.05) is 12.1 Å². The van der Waals surface area contributed by atoms with Gasteiger partial charge >= 0.3 is 0 Å². The molecule has 1 aliphatic rings. The molecule has 0 saturated carbocycles. The number of carbonyl (C=O) groups is 1. The molecule has 6 heteroatoms. The second kappa shape index (κ2) is 6.79. The Labute approximate surface area is 155 Å². The highest BCUT2D eigenvalue weighted by atomic mass is 16.5. The van der Waals surface area contributed by atoms with Crippen molar-refractivity contribution in [3.05, 3.63) is 64.0 Å². The Morgan fingerprint density at radius 1 is 1.26 bits per heavy atom. The van der Waals surface area contributed by atoms with Crippen molar-refractivity contribution in [2.45, 2.75) is 26.4 Å². The van der Waals surface area contributed by atoms with Crippen LogP contribution in [0, 0.1) is 0 Å². The van der Waals surface area contributed by atoms with Crippen molar-refractivity contribution in [3.8, 4) is 11.5 Å². The van der Waals surface area contributed by atoms with Crippen LogP contribution in [0.25, 0.3) is 11.0 Å². The van der Waals surface area contributed by atoms with Gasteiger partial charge in [0.1, 0.15) is 23.2 Å². The molecule has 4 rings (SSSR count). The monoisotopic (exact) mass is 365 g/mol. The number of carbonyl (C=O) groups excluding carboxylic acids is 1. The molecule has 0 fully saturated rings. The van der Waals surface area contributed by atoms with E-state index < -0.39 is 5.91 Å². The van der Waals surface area contributed by atoms with Crippen LogP contribution in [0.5, 0.6) is 11.5 Å². The fourth-order valence-electron chi connectivity index (χ4n) is 3.21. The number of fused-ring (bicyclic) bond motifs is 2. The quantitative estimate of drug-likeness (QED) is 0.761. The van der Waals surface area contributed by atoms with Crippen molar-refractivity contribution in [2.24, 2.45) is 0 Å². The zero-order valence-electron chi connectivity index (χ0n) is 15.1. The number of hydrogen-bond donors (Lipinski definition) is 1. The standard InChI is InChI=1S/C21H19NO5/c1-3-25-19-9-13-8-12(2)26-18(13)10-15(19)22-21(24)20-11-16(23)14-6-4-5-7-17(14)27-20/h4-7,9-12H,3,8H2,1-2H3,(H,22,24). The third-order valence-corrected chi connectivity index (χ3v) is 4.40. The first-order chi connectivity index (χ1) is 13.0. The number of nitrogens with one attached hydrogen (secondary N) is 1. The molecule has 27 heavy (non-hydrogen) atoms. The summed E-state index contributed by atoms with van der Waals surface area (Å²) in [7, 11) is 0. The Balaban J connectivity index is 1.69. The van der Waals surface area contributed by atoms with Gasteiger partial charge in [0.15, 0.2) is 11.2 Å². The Morgan fingerprint density at radius 3 is 2.89 bits per heavy atom. The van der Waals surface area contributed by atoms with Gasteiger partial charge in [-0.2, -0.15) is 0 Å². The van der Waals surface area contributed by atoms with Crippen LogP contribution in [-0.2, 0) is 6.42 Å². The van der Waals surface area contributed by atoms with E-state index >= 15 is 0 Å². The van der Waals surface area contributed by atoms with Crippen molar-refractivity contribution in [2.75, 3.05) is 11.9 Å². The Morgan fingerprint density at radius 2 is 2.07 bits per heavy atom. The molecule has 2 aromatic carbocycles. The molecule has 6 nitrogen and oxygen atoms in total.